The van der Waals surface area contributed by atoms with E-state index in [4.69, 9.17) is 5.73 Å². The lowest BCUT2D eigenvalue weighted by Crippen LogP contribution is -2.18. The zero-order valence-corrected chi connectivity index (χ0v) is 8.58. The van der Waals surface area contributed by atoms with Crippen LogP contribution in [0.2, 0.25) is 0 Å². The summed E-state index contributed by atoms with van der Waals surface area (Å²) in [7, 11) is 0. The van der Waals surface area contributed by atoms with Crippen molar-refractivity contribution in [1.29, 1.82) is 0 Å². The maximum atomic E-state index is 11.9. The third kappa shape index (κ3) is 3.75. The second-order valence-electron chi connectivity index (χ2n) is 2.95. The molecule has 0 spiro atoms. The third-order valence-electron chi connectivity index (χ3n) is 1.57. The Morgan fingerprint density at radius 2 is 1.93 bits per heavy atom. The van der Waals surface area contributed by atoms with Gasteiger partial charge in [0.25, 0.3) is 0 Å². The third-order valence-corrected chi connectivity index (χ3v) is 1.80. The molecule has 0 fully saturated rings. The molecule has 0 bridgehead atoms. The van der Waals surface area contributed by atoms with Crippen molar-refractivity contribution in [3.8, 4) is 5.75 Å². The number of thiocarbonyl (C=S) groups is 1. The number of alkyl halides is 3. The van der Waals surface area contributed by atoms with E-state index in [1.54, 1.807) is 13.0 Å². The fourth-order valence-electron chi connectivity index (χ4n) is 1.08. The van der Waals surface area contributed by atoms with Gasteiger partial charge in [-0.25, -0.2) is 0 Å². The highest BCUT2D eigenvalue weighted by Gasteiger charge is 2.31. The van der Waals surface area contributed by atoms with E-state index in [9.17, 15) is 13.2 Å². The van der Waals surface area contributed by atoms with Gasteiger partial charge < -0.3 is 10.5 Å². The summed E-state index contributed by atoms with van der Waals surface area (Å²) in [5, 5.41) is 0. The van der Waals surface area contributed by atoms with Crippen LogP contribution in [0, 0.1) is 6.92 Å². The molecule has 0 heterocycles. The molecule has 0 aliphatic carbocycles. The fourth-order valence-corrected chi connectivity index (χ4v) is 1.20. The van der Waals surface area contributed by atoms with Crippen LogP contribution in [0.3, 0.4) is 0 Å². The maximum absolute atomic E-state index is 11.9. The highest BCUT2D eigenvalue weighted by Crippen LogP contribution is 2.24. The predicted molar refractivity (Wildman–Crippen MR) is 53.7 cm³/mol. The van der Waals surface area contributed by atoms with Crippen LogP contribution in [0.4, 0.5) is 13.2 Å². The van der Waals surface area contributed by atoms with Crippen molar-refractivity contribution in [2.24, 2.45) is 5.73 Å². The Bertz CT molecular complexity index is 389. The van der Waals surface area contributed by atoms with Crippen molar-refractivity contribution in [1.82, 2.24) is 0 Å². The van der Waals surface area contributed by atoms with E-state index < -0.39 is 6.36 Å². The molecule has 1 rings (SSSR count). The van der Waals surface area contributed by atoms with Gasteiger partial charge >= 0.3 is 6.36 Å². The van der Waals surface area contributed by atoms with Gasteiger partial charge in [-0.2, -0.15) is 0 Å². The topological polar surface area (TPSA) is 35.2 Å². The first kappa shape index (κ1) is 11.8. The molecule has 0 saturated heterocycles. The van der Waals surface area contributed by atoms with Crippen LogP contribution >= 0.6 is 12.2 Å². The number of nitrogens with two attached hydrogens (primary N) is 1. The molecule has 1 aromatic rings. The lowest BCUT2D eigenvalue weighted by atomic mass is 10.1. The Morgan fingerprint density at radius 1 is 1.33 bits per heavy atom. The molecular formula is C9H8F3NOS. The van der Waals surface area contributed by atoms with Gasteiger partial charge in [-0.15, -0.1) is 13.2 Å². The van der Waals surface area contributed by atoms with Crippen LogP contribution in [-0.4, -0.2) is 11.4 Å². The first-order valence-corrected chi connectivity index (χ1v) is 4.36. The smallest absolute Gasteiger partial charge is 0.406 e. The summed E-state index contributed by atoms with van der Waals surface area (Å²) in [6.45, 7) is 1.63. The Labute approximate surface area is 89.8 Å². The minimum Gasteiger partial charge on any atom is -0.406 e. The summed E-state index contributed by atoms with van der Waals surface area (Å²) in [5.41, 5.74) is 6.26. The van der Waals surface area contributed by atoms with Crippen LogP contribution in [0.25, 0.3) is 0 Å². The minimum atomic E-state index is -4.71. The Hall–Kier alpha value is -1.30. The van der Waals surface area contributed by atoms with E-state index in [2.05, 4.69) is 17.0 Å². The molecule has 0 amide bonds. The van der Waals surface area contributed by atoms with Gasteiger partial charge in [-0.05, 0) is 30.7 Å². The maximum Gasteiger partial charge on any atom is 0.573 e. The summed E-state index contributed by atoms with van der Waals surface area (Å²) in [6.07, 6.45) is -4.71. The van der Waals surface area contributed by atoms with Gasteiger partial charge in [0.15, 0.2) is 0 Å². The average Bonchev–Trinajstić information content (AvgIpc) is 1.99. The Balaban J connectivity index is 3.04. The molecule has 6 heteroatoms. The summed E-state index contributed by atoms with van der Waals surface area (Å²) < 4.78 is 39.5. The first-order chi connectivity index (χ1) is 6.78. The fraction of sp³-hybridized carbons (Fsp3) is 0.222. The minimum absolute atomic E-state index is 0.0331. The van der Waals surface area contributed by atoms with Crippen molar-refractivity contribution in [2.45, 2.75) is 13.3 Å². The van der Waals surface area contributed by atoms with Crippen LogP contribution in [-0.2, 0) is 0 Å². The number of rotatable bonds is 2. The number of aryl methyl sites for hydroxylation is 1. The van der Waals surface area contributed by atoms with Gasteiger partial charge in [0, 0.05) is 5.56 Å². The molecule has 0 radical (unpaired) electrons. The molecule has 1 aromatic carbocycles. The van der Waals surface area contributed by atoms with E-state index >= 15 is 0 Å². The van der Waals surface area contributed by atoms with Gasteiger partial charge in [-0.1, -0.05) is 12.2 Å². The van der Waals surface area contributed by atoms with Crippen molar-refractivity contribution >= 4 is 17.2 Å². The summed E-state index contributed by atoms with van der Waals surface area (Å²) in [6, 6.07) is 4.00. The van der Waals surface area contributed by atoms with Crippen LogP contribution in [0.1, 0.15) is 11.1 Å². The molecule has 0 saturated carbocycles. The molecule has 0 unspecified atom stereocenters. The van der Waals surface area contributed by atoms with E-state index in [1.807, 2.05) is 0 Å². The number of ether oxygens (including phenoxy) is 1. The molecule has 2 N–H and O–H groups in total. The SMILES string of the molecule is Cc1cc(OC(F)(F)F)cc(C(N)=S)c1. The summed E-state index contributed by atoms with van der Waals surface area (Å²) in [5.74, 6) is -0.315. The van der Waals surface area contributed by atoms with Crippen LogP contribution in [0.5, 0.6) is 5.75 Å². The predicted octanol–water partition coefficient (Wildman–Crippen LogP) is 2.53. The lowest BCUT2D eigenvalue weighted by molar-refractivity contribution is -0.274. The Morgan fingerprint density at radius 3 is 2.40 bits per heavy atom. The number of hydrogen-bond acceptors (Lipinski definition) is 2. The highest BCUT2D eigenvalue weighted by atomic mass is 32.1. The molecule has 0 aromatic heterocycles. The van der Waals surface area contributed by atoms with Gasteiger partial charge in [-0.3, -0.25) is 0 Å². The zero-order chi connectivity index (χ0) is 11.6. The van der Waals surface area contributed by atoms with Gasteiger partial charge in [0.05, 0.1) is 0 Å². The van der Waals surface area contributed by atoms with Crippen LogP contribution < -0.4 is 10.5 Å². The number of hydrogen-bond donors (Lipinski definition) is 1. The zero-order valence-electron chi connectivity index (χ0n) is 7.76. The van der Waals surface area contributed by atoms with Crippen molar-refractivity contribution in [3.63, 3.8) is 0 Å². The normalized spacial score (nSPS) is 11.2. The largest absolute Gasteiger partial charge is 0.573 e. The number of benzene rings is 1. The Kier molecular flexibility index (Phi) is 3.18. The van der Waals surface area contributed by atoms with Crippen molar-refractivity contribution < 1.29 is 17.9 Å². The van der Waals surface area contributed by atoms with E-state index in [0.717, 1.165) is 6.07 Å². The molecule has 0 atom stereocenters. The molecule has 0 aliphatic rings. The van der Waals surface area contributed by atoms with E-state index in [0.29, 0.717) is 11.1 Å². The molecule has 2 nitrogen and oxygen atoms in total. The van der Waals surface area contributed by atoms with Crippen LogP contribution in [0.15, 0.2) is 18.2 Å². The molecule has 82 valence electrons. The summed E-state index contributed by atoms with van der Waals surface area (Å²) in [4.78, 5) is 0.0331. The van der Waals surface area contributed by atoms with Gasteiger partial charge in [0.2, 0.25) is 0 Å². The van der Waals surface area contributed by atoms with Crippen molar-refractivity contribution in [2.75, 3.05) is 0 Å². The van der Waals surface area contributed by atoms with E-state index in [-0.39, 0.29) is 10.7 Å². The second kappa shape index (κ2) is 4.06. The lowest BCUT2D eigenvalue weighted by Gasteiger charge is -2.10. The summed E-state index contributed by atoms with van der Waals surface area (Å²) >= 11 is 4.66. The monoisotopic (exact) mass is 235 g/mol. The van der Waals surface area contributed by atoms with Gasteiger partial charge in [0.1, 0.15) is 10.7 Å². The van der Waals surface area contributed by atoms with Crippen molar-refractivity contribution in [3.05, 3.63) is 29.3 Å². The second-order valence-corrected chi connectivity index (χ2v) is 3.39. The molecule has 0 aliphatic heterocycles. The average molecular weight is 235 g/mol. The first-order valence-electron chi connectivity index (χ1n) is 3.95. The standard InChI is InChI=1S/C9H8F3NOS/c1-5-2-6(8(13)15)4-7(3-5)14-9(10,11)12/h2-4H,1H3,(H2,13,15). The number of halogens is 3. The van der Waals surface area contributed by atoms with E-state index in [1.165, 1.54) is 6.07 Å². The highest BCUT2D eigenvalue weighted by molar-refractivity contribution is 7.80. The quantitative estimate of drug-likeness (QED) is 0.800. The molecule has 15 heavy (non-hydrogen) atoms. The molecular weight excluding hydrogens is 227 g/mol.